The fourth-order valence-electron chi connectivity index (χ4n) is 1.23. The molecule has 0 spiro atoms. The van der Waals surface area contributed by atoms with Gasteiger partial charge in [-0.25, -0.2) is 9.48 Å². The summed E-state index contributed by atoms with van der Waals surface area (Å²) in [6.07, 6.45) is 1.48. The molecule has 0 saturated carbocycles. The van der Waals surface area contributed by atoms with Crippen LogP contribution < -0.4 is 0 Å². The molecule has 1 aromatic heterocycles. The van der Waals surface area contributed by atoms with Crippen LogP contribution in [0.15, 0.2) is 36.5 Å². The van der Waals surface area contributed by atoms with Gasteiger partial charge in [0.15, 0.2) is 5.69 Å². The molecule has 1 heterocycles. The average molecular weight is 204 g/mol. The number of rotatable bonds is 2. The number of benzene rings is 1. The monoisotopic (exact) mass is 204 g/mol. The highest BCUT2D eigenvalue weighted by atomic mass is 16.4. The molecule has 76 valence electrons. The van der Waals surface area contributed by atoms with Crippen molar-refractivity contribution >= 4 is 5.97 Å². The maximum absolute atomic E-state index is 10.6. The molecule has 1 aromatic carbocycles. The SMILES string of the molecule is O=C(O)c1ccn(-c2ccccc2O)n1. The Morgan fingerprint density at radius 1 is 1.27 bits per heavy atom. The fourth-order valence-corrected chi connectivity index (χ4v) is 1.23. The lowest BCUT2D eigenvalue weighted by Crippen LogP contribution is -2.00. The summed E-state index contributed by atoms with van der Waals surface area (Å²) in [6.45, 7) is 0. The maximum atomic E-state index is 10.6. The third-order valence-corrected chi connectivity index (χ3v) is 1.94. The zero-order chi connectivity index (χ0) is 10.8. The Bertz CT molecular complexity index is 505. The summed E-state index contributed by atoms with van der Waals surface area (Å²) >= 11 is 0. The van der Waals surface area contributed by atoms with E-state index in [1.807, 2.05) is 0 Å². The van der Waals surface area contributed by atoms with Crippen molar-refractivity contribution in [2.45, 2.75) is 0 Å². The smallest absolute Gasteiger partial charge is 0.356 e. The van der Waals surface area contributed by atoms with E-state index in [0.29, 0.717) is 5.69 Å². The summed E-state index contributed by atoms with van der Waals surface area (Å²) in [5.74, 6) is -1.04. The highest BCUT2D eigenvalue weighted by molar-refractivity contribution is 5.85. The Morgan fingerprint density at radius 2 is 2.00 bits per heavy atom. The molecule has 0 fully saturated rings. The first-order valence-corrected chi connectivity index (χ1v) is 4.26. The predicted octanol–water partition coefficient (Wildman–Crippen LogP) is 1.28. The number of aromatic hydroxyl groups is 1. The molecule has 0 aliphatic carbocycles. The zero-order valence-electron chi connectivity index (χ0n) is 7.66. The summed E-state index contributed by atoms with van der Waals surface area (Å²) in [6, 6.07) is 7.94. The van der Waals surface area contributed by atoms with E-state index < -0.39 is 5.97 Å². The molecule has 0 atom stereocenters. The first kappa shape index (κ1) is 9.26. The standard InChI is InChI=1S/C10H8N2O3/c13-9-4-2-1-3-8(9)12-6-5-7(11-12)10(14)15/h1-6,13H,(H,14,15). The van der Waals surface area contributed by atoms with Crippen LogP contribution in [-0.4, -0.2) is 26.0 Å². The molecule has 5 heteroatoms. The zero-order valence-corrected chi connectivity index (χ0v) is 7.66. The molecule has 2 aromatic rings. The van der Waals surface area contributed by atoms with Gasteiger partial charge in [0.2, 0.25) is 0 Å². The van der Waals surface area contributed by atoms with Crippen LogP contribution in [0, 0.1) is 0 Å². The number of carboxylic acid groups (broad SMARTS) is 1. The minimum atomic E-state index is -1.09. The van der Waals surface area contributed by atoms with E-state index in [1.54, 1.807) is 18.2 Å². The van der Waals surface area contributed by atoms with Crippen molar-refractivity contribution in [3.8, 4) is 11.4 Å². The lowest BCUT2D eigenvalue weighted by molar-refractivity contribution is 0.0690. The number of aromatic carboxylic acids is 1. The van der Waals surface area contributed by atoms with Crippen LogP contribution in [0.25, 0.3) is 5.69 Å². The van der Waals surface area contributed by atoms with Gasteiger partial charge >= 0.3 is 5.97 Å². The van der Waals surface area contributed by atoms with Gasteiger partial charge in [0.05, 0.1) is 0 Å². The molecule has 15 heavy (non-hydrogen) atoms. The molecule has 0 radical (unpaired) electrons. The molecule has 2 N–H and O–H groups in total. The number of phenolic OH excluding ortho intramolecular Hbond substituents is 1. The maximum Gasteiger partial charge on any atom is 0.356 e. The van der Waals surface area contributed by atoms with Crippen molar-refractivity contribution in [1.82, 2.24) is 9.78 Å². The Morgan fingerprint density at radius 3 is 2.60 bits per heavy atom. The third kappa shape index (κ3) is 1.67. The summed E-state index contributed by atoms with van der Waals surface area (Å²) in [5, 5.41) is 22.0. The summed E-state index contributed by atoms with van der Waals surface area (Å²) in [7, 11) is 0. The van der Waals surface area contributed by atoms with Crippen LogP contribution in [-0.2, 0) is 0 Å². The summed E-state index contributed by atoms with van der Waals surface area (Å²) in [4.78, 5) is 10.6. The van der Waals surface area contributed by atoms with E-state index in [2.05, 4.69) is 5.10 Å². The Balaban J connectivity index is 2.46. The largest absolute Gasteiger partial charge is 0.506 e. The van der Waals surface area contributed by atoms with Crippen LogP contribution in [0.5, 0.6) is 5.75 Å². The topological polar surface area (TPSA) is 75.3 Å². The van der Waals surface area contributed by atoms with E-state index >= 15 is 0 Å². The number of phenols is 1. The highest BCUT2D eigenvalue weighted by Crippen LogP contribution is 2.19. The number of nitrogens with zero attached hydrogens (tertiary/aromatic N) is 2. The highest BCUT2D eigenvalue weighted by Gasteiger charge is 2.09. The van der Waals surface area contributed by atoms with Gasteiger partial charge in [0.1, 0.15) is 11.4 Å². The second kappa shape index (κ2) is 3.45. The summed E-state index contributed by atoms with van der Waals surface area (Å²) in [5.41, 5.74) is 0.392. The lowest BCUT2D eigenvalue weighted by atomic mass is 10.3. The number of para-hydroxylation sites is 2. The van der Waals surface area contributed by atoms with Crippen LogP contribution in [0.1, 0.15) is 10.5 Å². The normalized spacial score (nSPS) is 10.1. The number of hydrogen-bond acceptors (Lipinski definition) is 3. The number of carboxylic acids is 1. The molecule has 0 aliphatic rings. The molecule has 0 bridgehead atoms. The Hall–Kier alpha value is -2.30. The molecule has 0 saturated heterocycles. The molecular formula is C10H8N2O3. The molecule has 0 unspecified atom stereocenters. The van der Waals surface area contributed by atoms with Gasteiger partial charge in [0.25, 0.3) is 0 Å². The van der Waals surface area contributed by atoms with E-state index in [4.69, 9.17) is 5.11 Å². The minimum Gasteiger partial charge on any atom is -0.506 e. The molecule has 2 rings (SSSR count). The van der Waals surface area contributed by atoms with Crippen LogP contribution >= 0.6 is 0 Å². The van der Waals surface area contributed by atoms with E-state index in [1.165, 1.54) is 23.0 Å². The number of hydrogen-bond donors (Lipinski definition) is 2. The molecule has 5 nitrogen and oxygen atoms in total. The first-order chi connectivity index (χ1) is 7.18. The van der Waals surface area contributed by atoms with E-state index in [9.17, 15) is 9.90 Å². The van der Waals surface area contributed by atoms with Crippen molar-refractivity contribution < 1.29 is 15.0 Å². The van der Waals surface area contributed by atoms with Crippen LogP contribution in [0.4, 0.5) is 0 Å². The van der Waals surface area contributed by atoms with E-state index in [-0.39, 0.29) is 11.4 Å². The van der Waals surface area contributed by atoms with Gasteiger partial charge in [-0.2, -0.15) is 5.10 Å². The van der Waals surface area contributed by atoms with Crippen molar-refractivity contribution in [2.24, 2.45) is 0 Å². The first-order valence-electron chi connectivity index (χ1n) is 4.26. The summed E-state index contributed by atoms with van der Waals surface area (Å²) < 4.78 is 1.32. The third-order valence-electron chi connectivity index (χ3n) is 1.94. The van der Waals surface area contributed by atoms with Crippen molar-refractivity contribution in [3.63, 3.8) is 0 Å². The molecule has 0 aliphatic heterocycles. The van der Waals surface area contributed by atoms with Crippen LogP contribution in [0.3, 0.4) is 0 Å². The van der Waals surface area contributed by atoms with Crippen molar-refractivity contribution in [2.75, 3.05) is 0 Å². The number of carbonyl (C=O) groups is 1. The van der Waals surface area contributed by atoms with Gasteiger partial charge in [-0.3, -0.25) is 0 Å². The Kier molecular flexibility index (Phi) is 2.13. The molecule has 0 amide bonds. The van der Waals surface area contributed by atoms with Crippen molar-refractivity contribution in [3.05, 3.63) is 42.2 Å². The van der Waals surface area contributed by atoms with Gasteiger partial charge in [-0.1, -0.05) is 12.1 Å². The quantitative estimate of drug-likeness (QED) is 0.772. The molecular weight excluding hydrogens is 196 g/mol. The lowest BCUT2D eigenvalue weighted by Gasteiger charge is -2.02. The van der Waals surface area contributed by atoms with Gasteiger partial charge in [0, 0.05) is 6.20 Å². The van der Waals surface area contributed by atoms with Gasteiger partial charge < -0.3 is 10.2 Å². The average Bonchev–Trinajstić information content (AvgIpc) is 2.67. The number of aromatic nitrogens is 2. The second-order valence-electron chi connectivity index (χ2n) is 2.94. The van der Waals surface area contributed by atoms with Gasteiger partial charge in [-0.05, 0) is 18.2 Å². The van der Waals surface area contributed by atoms with Crippen molar-refractivity contribution in [1.29, 1.82) is 0 Å². The predicted molar refractivity (Wildman–Crippen MR) is 52.2 cm³/mol. The second-order valence-corrected chi connectivity index (χ2v) is 2.94. The Labute approximate surface area is 85.2 Å². The van der Waals surface area contributed by atoms with E-state index in [0.717, 1.165) is 0 Å². The minimum absolute atomic E-state index is 0.0533. The van der Waals surface area contributed by atoms with Gasteiger partial charge in [-0.15, -0.1) is 0 Å². The van der Waals surface area contributed by atoms with Crippen LogP contribution in [0.2, 0.25) is 0 Å². The fraction of sp³-hybridized carbons (Fsp3) is 0.